The van der Waals surface area contributed by atoms with Gasteiger partial charge in [0.25, 0.3) is 0 Å². The van der Waals surface area contributed by atoms with Crippen molar-refractivity contribution in [3.05, 3.63) is 49.1 Å². The highest BCUT2D eigenvalue weighted by Gasteiger charge is 2.18. The van der Waals surface area contributed by atoms with E-state index in [0.29, 0.717) is 0 Å². The van der Waals surface area contributed by atoms with Gasteiger partial charge < -0.3 is 9.47 Å². The second-order valence-corrected chi connectivity index (χ2v) is 7.64. The van der Waals surface area contributed by atoms with Crippen LogP contribution in [-0.2, 0) is 9.47 Å². The summed E-state index contributed by atoms with van der Waals surface area (Å²) in [5.41, 5.74) is 4.53. The zero-order chi connectivity index (χ0) is 18.8. The van der Waals surface area contributed by atoms with Crippen LogP contribution in [0.4, 0.5) is 0 Å². The second-order valence-electron chi connectivity index (χ2n) is 7.64. The predicted molar refractivity (Wildman–Crippen MR) is 107 cm³/mol. The Morgan fingerprint density at radius 2 is 1.25 bits per heavy atom. The number of ether oxygens (including phenoxy) is 2. The van der Waals surface area contributed by atoms with Crippen molar-refractivity contribution in [3.8, 4) is 22.3 Å². The first-order valence-corrected chi connectivity index (χ1v) is 10.3. The number of benzene rings is 1. The van der Waals surface area contributed by atoms with Crippen LogP contribution in [0.15, 0.2) is 49.1 Å². The number of aromatic nitrogens is 4. The van der Waals surface area contributed by atoms with Gasteiger partial charge in [-0.15, -0.1) is 0 Å². The standard InChI is InChI=1S/C22H26N4O2/c1-3-10-27-21(8-1)25-15-19(13-23-25)17-6-5-7-18(12-17)20-14-24-26(16-20)22-9-2-4-11-28-22/h5-7,12-16,21-22H,1-4,8-11H2. The third kappa shape index (κ3) is 3.62. The van der Waals surface area contributed by atoms with E-state index in [1.165, 1.54) is 12.8 Å². The van der Waals surface area contributed by atoms with Gasteiger partial charge in [-0.25, -0.2) is 9.36 Å². The predicted octanol–water partition coefficient (Wildman–Crippen LogP) is 4.81. The molecule has 146 valence electrons. The van der Waals surface area contributed by atoms with Crippen LogP contribution in [0.2, 0.25) is 0 Å². The van der Waals surface area contributed by atoms with Gasteiger partial charge in [-0.3, -0.25) is 0 Å². The van der Waals surface area contributed by atoms with Gasteiger partial charge in [0.15, 0.2) is 0 Å². The molecule has 6 nitrogen and oxygen atoms in total. The van der Waals surface area contributed by atoms with Gasteiger partial charge in [0.05, 0.1) is 12.4 Å². The van der Waals surface area contributed by atoms with Crippen LogP contribution in [0, 0.1) is 0 Å². The van der Waals surface area contributed by atoms with Gasteiger partial charge >= 0.3 is 0 Å². The first-order chi connectivity index (χ1) is 13.9. The van der Waals surface area contributed by atoms with Gasteiger partial charge in [-0.1, -0.05) is 18.2 Å². The molecule has 6 heteroatoms. The van der Waals surface area contributed by atoms with E-state index in [9.17, 15) is 0 Å². The van der Waals surface area contributed by atoms with E-state index in [0.717, 1.165) is 61.2 Å². The molecule has 2 aliphatic heterocycles. The molecule has 0 N–H and O–H groups in total. The maximum Gasteiger partial charge on any atom is 0.150 e. The van der Waals surface area contributed by atoms with Crippen LogP contribution < -0.4 is 0 Å². The summed E-state index contributed by atoms with van der Waals surface area (Å²) in [5.74, 6) is 0. The van der Waals surface area contributed by atoms with Gasteiger partial charge in [-0.05, 0) is 55.7 Å². The lowest BCUT2D eigenvalue weighted by Gasteiger charge is -2.22. The summed E-state index contributed by atoms with van der Waals surface area (Å²) in [4.78, 5) is 0. The lowest BCUT2D eigenvalue weighted by atomic mass is 10.0. The summed E-state index contributed by atoms with van der Waals surface area (Å²) in [6.45, 7) is 1.65. The fraction of sp³-hybridized carbons (Fsp3) is 0.455. The van der Waals surface area contributed by atoms with Crippen molar-refractivity contribution >= 4 is 0 Å². The molecule has 28 heavy (non-hydrogen) atoms. The highest BCUT2D eigenvalue weighted by Crippen LogP contribution is 2.29. The molecule has 0 aliphatic carbocycles. The van der Waals surface area contributed by atoms with Crippen LogP contribution in [0.5, 0.6) is 0 Å². The molecular weight excluding hydrogens is 352 g/mol. The van der Waals surface area contributed by atoms with E-state index in [1.807, 2.05) is 21.8 Å². The van der Waals surface area contributed by atoms with E-state index in [2.05, 4.69) is 46.9 Å². The fourth-order valence-electron chi connectivity index (χ4n) is 4.03. The topological polar surface area (TPSA) is 54.1 Å². The number of rotatable bonds is 4. The molecule has 2 fully saturated rings. The Morgan fingerprint density at radius 1 is 0.714 bits per heavy atom. The summed E-state index contributed by atoms with van der Waals surface area (Å²) in [7, 11) is 0. The Bertz CT molecular complexity index is 849. The Labute approximate surface area is 165 Å². The molecule has 0 radical (unpaired) electrons. The Morgan fingerprint density at radius 3 is 1.71 bits per heavy atom. The lowest BCUT2D eigenvalue weighted by Crippen LogP contribution is -2.18. The molecule has 0 amide bonds. The van der Waals surface area contributed by atoms with Gasteiger partial charge in [0, 0.05) is 36.7 Å². The summed E-state index contributed by atoms with van der Waals surface area (Å²) in [6.07, 6.45) is 14.9. The monoisotopic (exact) mass is 378 g/mol. The molecule has 2 unspecified atom stereocenters. The highest BCUT2D eigenvalue weighted by molar-refractivity contribution is 5.71. The zero-order valence-corrected chi connectivity index (χ0v) is 16.0. The summed E-state index contributed by atoms with van der Waals surface area (Å²) >= 11 is 0. The normalized spacial score (nSPS) is 23.0. The number of hydrogen-bond acceptors (Lipinski definition) is 4. The zero-order valence-electron chi connectivity index (χ0n) is 16.0. The molecule has 2 aromatic heterocycles. The molecule has 0 bridgehead atoms. The minimum Gasteiger partial charge on any atom is -0.357 e. The maximum atomic E-state index is 5.84. The quantitative estimate of drug-likeness (QED) is 0.654. The molecule has 5 rings (SSSR count). The molecule has 3 aromatic rings. The second kappa shape index (κ2) is 7.89. The number of nitrogens with zero attached hydrogens (tertiary/aromatic N) is 4. The lowest BCUT2D eigenvalue weighted by molar-refractivity contribution is -0.0395. The Kier molecular flexibility index (Phi) is 4.97. The molecule has 1 aromatic carbocycles. The van der Waals surface area contributed by atoms with Gasteiger partial charge in [-0.2, -0.15) is 10.2 Å². The molecular formula is C22H26N4O2. The maximum absolute atomic E-state index is 5.84. The summed E-state index contributed by atoms with van der Waals surface area (Å²) in [5, 5.41) is 9.09. The smallest absolute Gasteiger partial charge is 0.150 e. The van der Waals surface area contributed by atoms with Crippen LogP contribution in [-0.4, -0.2) is 32.8 Å². The summed E-state index contributed by atoms with van der Waals surface area (Å²) < 4.78 is 15.6. The summed E-state index contributed by atoms with van der Waals surface area (Å²) in [6, 6.07) is 8.54. The average molecular weight is 378 g/mol. The van der Waals surface area contributed by atoms with E-state index in [-0.39, 0.29) is 12.5 Å². The molecule has 2 saturated heterocycles. The molecule has 0 saturated carbocycles. The molecule has 0 spiro atoms. The molecule has 4 heterocycles. The molecule has 2 aliphatic rings. The largest absolute Gasteiger partial charge is 0.357 e. The minimum absolute atomic E-state index is 0.0689. The van der Waals surface area contributed by atoms with Crippen molar-refractivity contribution in [1.82, 2.24) is 19.6 Å². The Hall–Kier alpha value is -2.44. The SMILES string of the molecule is c1cc(-c2cnn(C3CCCCO3)c2)cc(-c2cnn(C3CCCCO3)c2)c1. The van der Waals surface area contributed by atoms with E-state index in [4.69, 9.17) is 9.47 Å². The van der Waals surface area contributed by atoms with E-state index < -0.39 is 0 Å². The van der Waals surface area contributed by atoms with Crippen molar-refractivity contribution in [2.24, 2.45) is 0 Å². The highest BCUT2D eigenvalue weighted by atomic mass is 16.5. The van der Waals surface area contributed by atoms with Crippen molar-refractivity contribution in [1.29, 1.82) is 0 Å². The Balaban J connectivity index is 1.36. The number of hydrogen-bond donors (Lipinski definition) is 0. The van der Waals surface area contributed by atoms with Crippen molar-refractivity contribution < 1.29 is 9.47 Å². The molecule has 2 atom stereocenters. The minimum atomic E-state index is 0.0689. The van der Waals surface area contributed by atoms with E-state index >= 15 is 0 Å². The first-order valence-electron chi connectivity index (χ1n) is 10.3. The third-order valence-electron chi connectivity index (χ3n) is 5.63. The van der Waals surface area contributed by atoms with Gasteiger partial charge in [0.2, 0.25) is 0 Å². The fourth-order valence-corrected chi connectivity index (χ4v) is 4.03. The van der Waals surface area contributed by atoms with Crippen LogP contribution in [0.25, 0.3) is 22.3 Å². The van der Waals surface area contributed by atoms with Crippen molar-refractivity contribution in [2.45, 2.75) is 51.0 Å². The van der Waals surface area contributed by atoms with Crippen LogP contribution in [0.1, 0.15) is 51.0 Å². The first kappa shape index (κ1) is 17.6. The van der Waals surface area contributed by atoms with Crippen LogP contribution >= 0.6 is 0 Å². The van der Waals surface area contributed by atoms with Crippen LogP contribution in [0.3, 0.4) is 0 Å². The van der Waals surface area contributed by atoms with Crippen molar-refractivity contribution in [2.75, 3.05) is 13.2 Å². The van der Waals surface area contributed by atoms with Gasteiger partial charge in [0.1, 0.15) is 12.5 Å². The average Bonchev–Trinajstić information content (AvgIpc) is 3.46. The van der Waals surface area contributed by atoms with E-state index in [1.54, 1.807) is 0 Å². The van der Waals surface area contributed by atoms with Crippen molar-refractivity contribution in [3.63, 3.8) is 0 Å². The third-order valence-corrected chi connectivity index (χ3v) is 5.63.